The Morgan fingerprint density at radius 1 is 1.11 bits per heavy atom. The van der Waals surface area contributed by atoms with Crippen molar-refractivity contribution in [2.24, 2.45) is 5.73 Å². The summed E-state index contributed by atoms with van der Waals surface area (Å²) in [5.74, 6) is -3.59. The predicted molar refractivity (Wildman–Crippen MR) is 140 cm³/mol. The molecule has 1 saturated heterocycles. The number of anilines is 3. The molecule has 9 nitrogen and oxygen atoms in total. The van der Waals surface area contributed by atoms with Crippen LogP contribution >= 0.6 is 0 Å². The molecular formula is C26H28F3N7O2. The minimum absolute atomic E-state index is 0.00505. The number of amides is 1. The van der Waals surface area contributed by atoms with Crippen molar-refractivity contribution in [2.75, 3.05) is 28.6 Å². The number of para-hydroxylation sites is 1. The molecule has 3 aromatic rings. The highest BCUT2D eigenvalue weighted by atomic mass is 19.1. The summed E-state index contributed by atoms with van der Waals surface area (Å²) in [6, 6.07) is 6.15. The molecule has 0 bridgehead atoms. The number of carbonyl (C=O) groups is 1. The minimum Gasteiger partial charge on any atom is -0.380 e. The SMILES string of the molecule is CC(C)Nc1c(F)cc(NC(=O)c2ccc(=O)n(-c3c(F)cccc3F)n2)c(N2CCC(N)CC2)c1C=N. The van der Waals surface area contributed by atoms with Gasteiger partial charge in [-0.25, -0.2) is 13.2 Å². The Kier molecular flexibility index (Phi) is 7.81. The van der Waals surface area contributed by atoms with Crippen molar-refractivity contribution in [3.63, 3.8) is 0 Å². The zero-order valence-electron chi connectivity index (χ0n) is 20.9. The first-order chi connectivity index (χ1) is 18.1. The minimum atomic E-state index is -1.03. The molecule has 1 amide bonds. The number of nitrogens with zero attached hydrogens (tertiary/aromatic N) is 3. The molecule has 1 aliphatic heterocycles. The summed E-state index contributed by atoms with van der Waals surface area (Å²) >= 11 is 0. The van der Waals surface area contributed by atoms with Gasteiger partial charge in [-0.1, -0.05) is 6.07 Å². The van der Waals surface area contributed by atoms with Crippen LogP contribution in [-0.4, -0.2) is 47.1 Å². The summed E-state index contributed by atoms with van der Waals surface area (Å²) in [5.41, 5.74) is 5.02. The van der Waals surface area contributed by atoms with Crippen molar-refractivity contribution in [1.29, 1.82) is 5.41 Å². The van der Waals surface area contributed by atoms with Crippen molar-refractivity contribution in [3.8, 4) is 5.69 Å². The lowest BCUT2D eigenvalue weighted by Gasteiger charge is -2.35. The van der Waals surface area contributed by atoms with E-state index in [1.165, 1.54) is 0 Å². The second kappa shape index (κ2) is 11.1. The summed E-state index contributed by atoms with van der Waals surface area (Å²) in [6.45, 7) is 4.71. The Balaban J connectivity index is 1.78. The summed E-state index contributed by atoms with van der Waals surface area (Å²) in [5, 5.41) is 17.5. The van der Waals surface area contributed by atoms with Crippen molar-refractivity contribution in [2.45, 2.75) is 38.8 Å². The number of nitrogens with two attached hydrogens (primary N) is 1. The van der Waals surface area contributed by atoms with Crippen LogP contribution < -0.4 is 26.8 Å². The molecule has 1 aromatic heterocycles. The van der Waals surface area contributed by atoms with Gasteiger partial charge in [-0.15, -0.1) is 0 Å². The number of carbonyl (C=O) groups excluding carboxylic acids is 1. The van der Waals surface area contributed by atoms with E-state index in [1.807, 2.05) is 18.7 Å². The van der Waals surface area contributed by atoms with Crippen LogP contribution in [0.25, 0.3) is 5.69 Å². The molecule has 5 N–H and O–H groups in total. The highest BCUT2D eigenvalue weighted by molar-refractivity contribution is 6.08. The Hall–Kier alpha value is -4.19. The third-order valence-electron chi connectivity index (χ3n) is 6.15. The van der Waals surface area contributed by atoms with E-state index in [2.05, 4.69) is 15.7 Å². The largest absolute Gasteiger partial charge is 0.380 e. The van der Waals surface area contributed by atoms with Gasteiger partial charge in [0.2, 0.25) is 0 Å². The van der Waals surface area contributed by atoms with Crippen LogP contribution in [0.5, 0.6) is 0 Å². The Morgan fingerprint density at radius 2 is 1.76 bits per heavy atom. The molecule has 0 atom stereocenters. The number of piperidine rings is 1. The fraction of sp³-hybridized carbons (Fsp3) is 0.308. The number of halogens is 3. The lowest BCUT2D eigenvalue weighted by atomic mass is 10.0. The molecule has 4 rings (SSSR count). The van der Waals surface area contributed by atoms with Gasteiger partial charge >= 0.3 is 0 Å². The van der Waals surface area contributed by atoms with Crippen LogP contribution in [0.1, 0.15) is 42.7 Å². The van der Waals surface area contributed by atoms with E-state index in [-0.39, 0.29) is 34.7 Å². The molecule has 38 heavy (non-hydrogen) atoms. The normalized spacial score (nSPS) is 14.0. The molecule has 2 heterocycles. The zero-order valence-corrected chi connectivity index (χ0v) is 20.9. The summed E-state index contributed by atoms with van der Waals surface area (Å²) in [7, 11) is 0. The van der Waals surface area contributed by atoms with E-state index < -0.39 is 34.6 Å². The average Bonchev–Trinajstić information content (AvgIpc) is 2.86. The van der Waals surface area contributed by atoms with Crippen LogP contribution in [0.3, 0.4) is 0 Å². The van der Waals surface area contributed by atoms with E-state index >= 15 is 4.39 Å². The number of hydrogen-bond acceptors (Lipinski definition) is 7. The Bertz CT molecular complexity index is 1410. The zero-order chi connectivity index (χ0) is 27.6. The smallest absolute Gasteiger partial charge is 0.276 e. The molecule has 0 spiro atoms. The van der Waals surface area contributed by atoms with Gasteiger partial charge in [-0.2, -0.15) is 9.78 Å². The molecule has 0 aliphatic carbocycles. The molecule has 0 radical (unpaired) electrons. The average molecular weight is 528 g/mol. The van der Waals surface area contributed by atoms with Crippen molar-refractivity contribution >= 4 is 29.2 Å². The number of benzene rings is 2. The fourth-order valence-electron chi connectivity index (χ4n) is 4.36. The number of hydrogen-bond donors (Lipinski definition) is 4. The van der Waals surface area contributed by atoms with E-state index in [1.54, 1.807) is 0 Å². The predicted octanol–water partition coefficient (Wildman–Crippen LogP) is 3.65. The highest BCUT2D eigenvalue weighted by Gasteiger charge is 2.27. The first kappa shape index (κ1) is 26.9. The fourth-order valence-corrected chi connectivity index (χ4v) is 4.36. The van der Waals surface area contributed by atoms with Crippen molar-refractivity contribution in [1.82, 2.24) is 9.78 Å². The first-order valence-electron chi connectivity index (χ1n) is 12.1. The summed E-state index contributed by atoms with van der Waals surface area (Å²) in [4.78, 5) is 27.5. The van der Waals surface area contributed by atoms with Crippen LogP contribution in [0.4, 0.5) is 30.2 Å². The molecule has 1 fully saturated rings. The quantitative estimate of drug-likeness (QED) is 0.347. The van der Waals surface area contributed by atoms with Gasteiger partial charge in [0.15, 0.2) is 11.6 Å². The topological polar surface area (TPSA) is 129 Å². The molecule has 12 heteroatoms. The Morgan fingerprint density at radius 3 is 2.37 bits per heavy atom. The maximum absolute atomic E-state index is 15.2. The van der Waals surface area contributed by atoms with E-state index in [0.717, 1.165) is 42.6 Å². The number of aromatic nitrogens is 2. The summed E-state index contributed by atoms with van der Waals surface area (Å²) < 4.78 is 44.3. The van der Waals surface area contributed by atoms with Crippen LogP contribution in [-0.2, 0) is 0 Å². The molecule has 200 valence electrons. The monoisotopic (exact) mass is 527 g/mol. The van der Waals surface area contributed by atoms with Crippen molar-refractivity contribution in [3.05, 3.63) is 75.5 Å². The van der Waals surface area contributed by atoms with Gasteiger partial charge in [0.05, 0.1) is 17.1 Å². The van der Waals surface area contributed by atoms with Gasteiger partial charge in [-0.3, -0.25) is 9.59 Å². The van der Waals surface area contributed by atoms with E-state index in [9.17, 15) is 18.4 Å². The van der Waals surface area contributed by atoms with Crippen LogP contribution in [0, 0.1) is 22.9 Å². The van der Waals surface area contributed by atoms with Crippen molar-refractivity contribution < 1.29 is 18.0 Å². The van der Waals surface area contributed by atoms with Crippen LogP contribution in [0.2, 0.25) is 0 Å². The highest BCUT2D eigenvalue weighted by Crippen LogP contribution is 2.38. The molecule has 0 saturated carbocycles. The molecule has 1 aliphatic rings. The lowest BCUT2D eigenvalue weighted by Crippen LogP contribution is -2.40. The van der Waals surface area contributed by atoms with Crippen LogP contribution in [0.15, 0.2) is 41.2 Å². The summed E-state index contributed by atoms with van der Waals surface area (Å²) in [6.07, 6.45) is 2.35. The third kappa shape index (κ3) is 5.40. The number of rotatable bonds is 7. The standard InChI is InChI=1S/C26H28F3N7O2/c1-14(2)32-23-16(13-30)24(35-10-8-15(31)9-11-35)21(12-19(23)29)33-26(38)20-6-7-22(37)36(34-20)25-17(27)4-3-5-18(25)28/h3-7,12-15,30,32H,8-11,31H2,1-2H3,(H,33,38). The first-order valence-corrected chi connectivity index (χ1v) is 12.1. The maximum atomic E-state index is 15.2. The van der Waals surface area contributed by atoms with Gasteiger partial charge in [0, 0.05) is 49.1 Å². The molecular weight excluding hydrogens is 499 g/mol. The molecule has 2 aromatic carbocycles. The van der Waals surface area contributed by atoms with Gasteiger partial charge in [-0.05, 0) is 44.9 Å². The maximum Gasteiger partial charge on any atom is 0.276 e. The van der Waals surface area contributed by atoms with Gasteiger partial charge in [0.25, 0.3) is 11.5 Å². The van der Waals surface area contributed by atoms with Gasteiger partial charge < -0.3 is 26.7 Å². The van der Waals surface area contributed by atoms with E-state index in [4.69, 9.17) is 11.1 Å². The van der Waals surface area contributed by atoms with E-state index in [0.29, 0.717) is 36.3 Å². The van der Waals surface area contributed by atoms with Gasteiger partial charge in [0.1, 0.15) is 17.2 Å². The second-order valence-electron chi connectivity index (χ2n) is 9.30. The third-order valence-corrected chi connectivity index (χ3v) is 6.15. The Labute approximate surface area is 217 Å². The number of nitrogens with one attached hydrogen (secondary N) is 3. The lowest BCUT2D eigenvalue weighted by molar-refractivity contribution is 0.102. The molecule has 0 unspecified atom stereocenters. The second-order valence-corrected chi connectivity index (χ2v) is 9.30.